The van der Waals surface area contributed by atoms with Crippen molar-refractivity contribution < 1.29 is 33.8 Å². The molecule has 59 heavy (non-hydrogen) atoms. The van der Waals surface area contributed by atoms with Crippen molar-refractivity contribution in [3.05, 3.63) is 169 Å². The van der Waals surface area contributed by atoms with E-state index >= 15 is 0 Å². The zero-order valence-corrected chi connectivity index (χ0v) is 32.7. The molecule has 0 spiro atoms. The van der Waals surface area contributed by atoms with Crippen molar-refractivity contribution in [1.29, 1.82) is 0 Å². The molecule has 12 nitrogen and oxygen atoms in total. The summed E-state index contributed by atoms with van der Waals surface area (Å²) in [6.45, 7) is 8.69. The third-order valence-electron chi connectivity index (χ3n) is 9.40. The zero-order valence-electron chi connectivity index (χ0n) is 32.7. The summed E-state index contributed by atoms with van der Waals surface area (Å²) in [5, 5.41) is 20.0. The van der Waals surface area contributed by atoms with Crippen LogP contribution in [0.1, 0.15) is 23.1 Å². The molecular formula is C47H47N5O7. The van der Waals surface area contributed by atoms with Crippen molar-refractivity contribution in [2.45, 2.75) is 44.3 Å². The number of pyridine rings is 1. The number of hydrogen-bond donors (Lipinski definition) is 5. The third-order valence-corrected chi connectivity index (χ3v) is 9.40. The third kappa shape index (κ3) is 13.4. The number of carbonyl (C=O) groups is 5. The van der Waals surface area contributed by atoms with Crippen LogP contribution in [0.2, 0.25) is 0 Å². The number of benzene rings is 4. The Bertz CT molecular complexity index is 2230. The van der Waals surface area contributed by atoms with E-state index in [1.807, 2.05) is 79.1 Å². The molecular weight excluding hydrogens is 747 g/mol. The first kappa shape index (κ1) is 42.8. The van der Waals surface area contributed by atoms with Gasteiger partial charge in [0, 0.05) is 31.7 Å². The SMILES string of the molecule is C=CC(=C)C[C@@H]1NC(=O)COc2ccc(cc2)C[C@@H](C(=O)O)NC(=O)CNC(=O)[C@@H](Cc2ccc(-c3ccccc3)cc2)NC1=O.Cc1ccc(-c2ccncc2)cc1. The van der Waals surface area contributed by atoms with Gasteiger partial charge < -0.3 is 31.1 Å². The van der Waals surface area contributed by atoms with Crippen LogP contribution in [0.25, 0.3) is 22.3 Å². The van der Waals surface area contributed by atoms with Crippen molar-refractivity contribution in [1.82, 2.24) is 26.3 Å². The molecule has 3 atom stereocenters. The fraction of sp³-hybridized carbons (Fsp3) is 0.191. The Hall–Kier alpha value is -7.34. The van der Waals surface area contributed by atoms with Crippen LogP contribution in [0.4, 0.5) is 0 Å². The van der Waals surface area contributed by atoms with Gasteiger partial charge >= 0.3 is 5.97 Å². The number of amides is 4. The van der Waals surface area contributed by atoms with Gasteiger partial charge in [-0.1, -0.05) is 121 Å². The maximum Gasteiger partial charge on any atom is 0.326 e. The lowest BCUT2D eigenvalue weighted by molar-refractivity contribution is -0.141. The van der Waals surface area contributed by atoms with Crippen LogP contribution in [0.15, 0.2) is 152 Å². The van der Waals surface area contributed by atoms with E-state index in [2.05, 4.69) is 70.6 Å². The summed E-state index contributed by atoms with van der Waals surface area (Å²) < 4.78 is 5.57. The van der Waals surface area contributed by atoms with E-state index < -0.39 is 60.9 Å². The Morgan fingerprint density at radius 2 is 1.36 bits per heavy atom. The Morgan fingerprint density at radius 1 is 0.746 bits per heavy atom. The number of carboxylic acids is 1. The quantitative estimate of drug-likeness (QED) is 0.103. The molecule has 2 aliphatic rings. The second-order valence-electron chi connectivity index (χ2n) is 13.9. The molecule has 7 rings (SSSR count). The summed E-state index contributed by atoms with van der Waals surface area (Å²) in [4.78, 5) is 68.4. The highest BCUT2D eigenvalue weighted by Gasteiger charge is 2.28. The molecule has 302 valence electrons. The van der Waals surface area contributed by atoms with Gasteiger partial charge in [0.05, 0.1) is 6.54 Å². The van der Waals surface area contributed by atoms with E-state index in [0.29, 0.717) is 16.9 Å². The summed E-state index contributed by atoms with van der Waals surface area (Å²) in [5.41, 5.74) is 7.54. The summed E-state index contributed by atoms with van der Waals surface area (Å²) in [6, 6.07) is 32.6. The highest BCUT2D eigenvalue weighted by molar-refractivity contribution is 5.94. The molecule has 3 heterocycles. The Balaban J connectivity index is 0.000000428. The number of aryl methyl sites for hydroxylation is 1. The second kappa shape index (κ2) is 21.3. The predicted octanol–water partition coefficient (Wildman–Crippen LogP) is 5.38. The van der Waals surface area contributed by atoms with E-state index in [-0.39, 0.29) is 19.3 Å². The van der Waals surface area contributed by atoms with E-state index in [1.54, 1.807) is 24.3 Å². The summed E-state index contributed by atoms with van der Waals surface area (Å²) in [6.07, 6.45) is 5.15. The standard InChI is InChI=1S/C35H36N4O7.C12H11N/c1-3-22(2)17-28-34(43)39-29(18-23-9-13-26(14-10-23)25-7-5-4-6-8-25)33(42)36-20-31(40)38-30(35(44)45)19-24-11-15-27(16-12-24)46-21-32(41)37-28;1-10-2-4-11(5-3-10)12-6-8-13-9-7-12/h3-16,28-30H,1-2,17-21H2,(H,36,42)(H,37,41)(H,38,40)(H,39,43)(H,44,45);2-9H,1H3/t28-,29+,30-;/m0./s1. The van der Waals surface area contributed by atoms with E-state index in [4.69, 9.17) is 4.74 Å². The van der Waals surface area contributed by atoms with Gasteiger partial charge in [-0.2, -0.15) is 0 Å². The van der Waals surface area contributed by atoms with Crippen molar-refractivity contribution in [2.75, 3.05) is 13.2 Å². The van der Waals surface area contributed by atoms with Gasteiger partial charge in [0.1, 0.15) is 23.9 Å². The van der Waals surface area contributed by atoms with E-state index in [9.17, 15) is 29.1 Å². The minimum Gasteiger partial charge on any atom is -0.484 e. The highest BCUT2D eigenvalue weighted by atomic mass is 16.5. The monoisotopic (exact) mass is 793 g/mol. The summed E-state index contributed by atoms with van der Waals surface area (Å²) in [7, 11) is 0. The summed E-state index contributed by atoms with van der Waals surface area (Å²) in [5.74, 6) is -3.54. The van der Waals surface area contributed by atoms with Crippen LogP contribution in [0.3, 0.4) is 0 Å². The molecule has 0 radical (unpaired) electrons. The van der Waals surface area contributed by atoms with Gasteiger partial charge in [0.15, 0.2) is 6.61 Å². The molecule has 2 bridgehead atoms. The lowest BCUT2D eigenvalue weighted by Crippen LogP contribution is -2.56. The average Bonchev–Trinajstić information content (AvgIpc) is 3.25. The lowest BCUT2D eigenvalue weighted by Gasteiger charge is -2.24. The minimum absolute atomic E-state index is 0.0227. The van der Waals surface area contributed by atoms with Crippen LogP contribution in [0.5, 0.6) is 5.75 Å². The fourth-order valence-corrected chi connectivity index (χ4v) is 6.10. The number of fused-ring (bicyclic) bond motifs is 16. The Morgan fingerprint density at radius 3 is 1.98 bits per heavy atom. The zero-order chi connectivity index (χ0) is 42.1. The van der Waals surface area contributed by atoms with Gasteiger partial charge in [-0.15, -0.1) is 0 Å². The molecule has 1 aromatic heterocycles. The van der Waals surface area contributed by atoms with Gasteiger partial charge in [0.2, 0.25) is 17.7 Å². The number of nitrogens with one attached hydrogen (secondary N) is 4. The molecule has 12 heteroatoms. The summed E-state index contributed by atoms with van der Waals surface area (Å²) >= 11 is 0. The van der Waals surface area contributed by atoms with Gasteiger partial charge in [-0.3, -0.25) is 24.2 Å². The van der Waals surface area contributed by atoms with Crippen molar-refractivity contribution in [3.63, 3.8) is 0 Å². The van der Waals surface area contributed by atoms with Crippen molar-refractivity contribution >= 4 is 29.6 Å². The Kier molecular flexibility index (Phi) is 15.4. The molecule has 4 aromatic carbocycles. The second-order valence-corrected chi connectivity index (χ2v) is 13.9. The van der Waals surface area contributed by atoms with Crippen LogP contribution in [-0.4, -0.2) is 71.0 Å². The maximum atomic E-state index is 13.5. The number of carbonyl (C=O) groups excluding carboxylic acids is 4. The average molecular weight is 794 g/mol. The molecule has 5 N–H and O–H groups in total. The number of nitrogens with zero attached hydrogens (tertiary/aromatic N) is 1. The van der Waals surface area contributed by atoms with Crippen LogP contribution in [0, 0.1) is 6.92 Å². The number of ether oxygens (including phenoxy) is 1. The first-order valence-electron chi connectivity index (χ1n) is 19.0. The molecule has 0 unspecified atom stereocenters. The number of rotatable bonds is 8. The van der Waals surface area contributed by atoms with E-state index in [1.165, 1.54) is 22.8 Å². The molecule has 5 aromatic rings. The van der Waals surface area contributed by atoms with Crippen molar-refractivity contribution in [2.24, 2.45) is 0 Å². The predicted molar refractivity (Wildman–Crippen MR) is 226 cm³/mol. The molecule has 0 aliphatic carbocycles. The van der Waals surface area contributed by atoms with Crippen LogP contribution >= 0.6 is 0 Å². The fourth-order valence-electron chi connectivity index (χ4n) is 6.10. The molecule has 0 saturated carbocycles. The minimum atomic E-state index is -1.26. The number of aromatic nitrogens is 1. The van der Waals surface area contributed by atoms with Crippen LogP contribution < -0.4 is 26.0 Å². The molecule has 4 amide bonds. The van der Waals surface area contributed by atoms with E-state index in [0.717, 1.165) is 16.7 Å². The van der Waals surface area contributed by atoms with Crippen LogP contribution in [-0.2, 0) is 36.8 Å². The van der Waals surface area contributed by atoms with Crippen molar-refractivity contribution in [3.8, 4) is 28.0 Å². The van der Waals surface area contributed by atoms with Gasteiger partial charge in [0.25, 0.3) is 5.91 Å². The van der Waals surface area contributed by atoms with Gasteiger partial charge in [-0.05, 0) is 64.6 Å². The van der Waals surface area contributed by atoms with Gasteiger partial charge in [-0.25, -0.2) is 4.79 Å². The topological polar surface area (TPSA) is 176 Å². The highest BCUT2D eigenvalue weighted by Crippen LogP contribution is 2.21. The first-order chi connectivity index (χ1) is 28.5. The first-order valence-corrected chi connectivity index (χ1v) is 19.0. The lowest BCUT2D eigenvalue weighted by atomic mass is 9.99. The number of hydrogen-bond acceptors (Lipinski definition) is 7. The number of aliphatic carboxylic acids is 1. The molecule has 0 saturated heterocycles. The number of allylic oxidation sites excluding steroid dienone is 1. The maximum absolute atomic E-state index is 13.5. The normalized spacial score (nSPS) is 17.4. The molecule has 2 aliphatic heterocycles. The largest absolute Gasteiger partial charge is 0.484 e. The molecule has 0 fully saturated rings. The number of carboxylic acid groups (broad SMARTS) is 1. The Labute approximate surface area is 343 Å². The smallest absolute Gasteiger partial charge is 0.326 e.